The van der Waals surface area contributed by atoms with Crippen molar-refractivity contribution >= 4 is 5.91 Å². The lowest BCUT2D eigenvalue weighted by Crippen LogP contribution is -2.39. The molecule has 2 aromatic carbocycles. The van der Waals surface area contributed by atoms with Crippen LogP contribution in [0.5, 0.6) is 11.5 Å². The molecule has 0 aliphatic rings. The largest absolute Gasteiger partial charge is 0.496 e. The number of rotatable bonds is 7. The van der Waals surface area contributed by atoms with Crippen LogP contribution in [0.1, 0.15) is 24.5 Å². The number of ether oxygens (including phenoxy) is 2. The predicted octanol–water partition coefficient (Wildman–Crippen LogP) is 3.82. The Bertz CT molecular complexity index is 684. The van der Waals surface area contributed by atoms with Crippen molar-refractivity contribution in [2.24, 2.45) is 0 Å². The Morgan fingerprint density at radius 1 is 1.17 bits per heavy atom. The molecule has 24 heavy (non-hydrogen) atoms. The molecule has 128 valence electrons. The van der Waals surface area contributed by atoms with Gasteiger partial charge < -0.3 is 14.4 Å². The van der Waals surface area contributed by atoms with Crippen LogP contribution >= 0.6 is 0 Å². The molecule has 0 aliphatic carbocycles. The van der Waals surface area contributed by atoms with E-state index in [1.807, 2.05) is 62.4 Å². The van der Waals surface area contributed by atoms with E-state index in [1.54, 1.807) is 19.1 Å². The number of benzene rings is 2. The lowest BCUT2D eigenvalue weighted by molar-refractivity contribution is -0.138. The summed E-state index contributed by atoms with van der Waals surface area (Å²) < 4.78 is 11.3. The maximum atomic E-state index is 12.7. The Hall–Kier alpha value is -2.49. The standard InChI is InChI=1S/C20H25NO3/c1-5-18(24-17-11-8-9-15(2)13-17)20(22)21(3)14-16-10-6-7-12-19(16)23-4/h6-13,18H,5,14H2,1-4H3/t18-/m1/s1. The second kappa shape index (κ2) is 8.39. The van der Waals surface area contributed by atoms with Crippen molar-refractivity contribution in [3.8, 4) is 11.5 Å². The number of para-hydroxylation sites is 1. The van der Waals surface area contributed by atoms with Crippen molar-refractivity contribution in [2.45, 2.75) is 32.9 Å². The zero-order chi connectivity index (χ0) is 17.5. The summed E-state index contributed by atoms with van der Waals surface area (Å²) in [5.41, 5.74) is 2.08. The van der Waals surface area contributed by atoms with Crippen molar-refractivity contribution in [1.82, 2.24) is 4.90 Å². The van der Waals surface area contributed by atoms with Gasteiger partial charge in [0.15, 0.2) is 6.10 Å². The first kappa shape index (κ1) is 17.9. The van der Waals surface area contributed by atoms with Crippen LogP contribution in [0.15, 0.2) is 48.5 Å². The molecule has 0 spiro atoms. The Morgan fingerprint density at radius 3 is 2.58 bits per heavy atom. The molecule has 0 aliphatic heterocycles. The minimum Gasteiger partial charge on any atom is -0.496 e. The molecular formula is C20H25NO3. The molecule has 0 radical (unpaired) electrons. The van der Waals surface area contributed by atoms with Gasteiger partial charge in [-0.3, -0.25) is 4.79 Å². The summed E-state index contributed by atoms with van der Waals surface area (Å²) in [6, 6.07) is 15.5. The van der Waals surface area contributed by atoms with E-state index in [0.29, 0.717) is 13.0 Å². The highest BCUT2D eigenvalue weighted by molar-refractivity contribution is 5.81. The van der Waals surface area contributed by atoms with Crippen LogP contribution in [0.2, 0.25) is 0 Å². The number of amides is 1. The number of hydrogen-bond donors (Lipinski definition) is 0. The number of hydrogen-bond acceptors (Lipinski definition) is 3. The molecule has 0 fully saturated rings. The Labute approximate surface area is 144 Å². The van der Waals surface area contributed by atoms with Crippen LogP contribution < -0.4 is 9.47 Å². The molecule has 2 aromatic rings. The topological polar surface area (TPSA) is 38.8 Å². The predicted molar refractivity (Wildman–Crippen MR) is 95.4 cm³/mol. The first-order valence-electron chi connectivity index (χ1n) is 8.15. The molecule has 0 bridgehead atoms. The first-order valence-corrected chi connectivity index (χ1v) is 8.15. The van der Waals surface area contributed by atoms with Gasteiger partial charge in [-0.25, -0.2) is 0 Å². The summed E-state index contributed by atoms with van der Waals surface area (Å²) >= 11 is 0. The fourth-order valence-corrected chi connectivity index (χ4v) is 2.57. The first-order chi connectivity index (χ1) is 11.5. The number of aryl methyl sites for hydroxylation is 1. The van der Waals surface area contributed by atoms with Gasteiger partial charge in [-0.15, -0.1) is 0 Å². The van der Waals surface area contributed by atoms with Crippen molar-refractivity contribution < 1.29 is 14.3 Å². The molecular weight excluding hydrogens is 302 g/mol. The van der Waals surface area contributed by atoms with Crippen LogP contribution in [0, 0.1) is 6.92 Å². The second-order valence-electron chi connectivity index (χ2n) is 5.84. The molecule has 1 amide bonds. The maximum absolute atomic E-state index is 12.7. The van der Waals surface area contributed by atoms with E-state index in [9.17, 15) is 4.79 Å². The molecule has 2 rings (SSSR count). The van der Waals surface area contributed by atoms with Crippen LogP contribution in [0.25, 0.3) is 0 Å². The Balaban J connectivity index is 2.07. The molecule has 1 atom stereocenters. The monoisotopic (exact) mass is 327 g/mol. The van der Waals surface area contributed by atoms with Gasteiger partial charge in [0.2, 0.25) is 0 Å². The average Bonchev–Trinajstić information content (AvgIpc) is 2.59. The lowest BCUT2D eigenvalue weighted by Gasteiger charge is -2.24. The number of carbonyl (C=O) groups is 1. The Morgan fingerprint density at radius 2 is 1.92 bits per heavy atom. The molecule has 0 unspecified atom stereocenters. The van der Waals surface area contributed by atoms with Gasteiger partial charge in [-0.2, -0.15) is 0 Å². The van der Waals surface area contributed by atoms with Crippen molar-refractivity contribution in [2.75, 3.05) is 14.2 Å². The summed E-state index contributed by atoms with van der Waals surface area (Å²) in [6.45, 7) is 4.44. The lowest BCUT2D eigenvalue weighted by atomic mass is 10.1. The third kappa shape index (κ3) is 4.51. The molecule has 0 saturated carbocycles. The van der Waals surface area contributed by atoms with E-state index in [4.69, 9.17) is 9.47 Å². The summed E-state index contributed by atoms with van der Waals surface area (Å²) in [5.74, 6) is 1.47. The minimum absolute atomic E-state index is 0.0371. The van der Waals surface area contributed by atoms with Gasteiger partial charge in [0, 0.05) is 19.2 Å². The number of carbonyl (C=O) groups excluding carboxylic acids is 1. The van der Waals surface area contributed by atoms with E-state index in [2.05, 4.69) is 0 Å². The number of nitrogens with zero attached hydrogens (tertiary/aromatic N) is 1. The highest BCUT2D eigenvalue weighted by Crippen LogP contribution is 2.20. The molecule has 0 aromatic heterocycles. The van der Waals surface area contributed by atoms with E-state index in [1.165, 1.54) is 0 Å². The highest BCUT2D eigenvalue weighted by atomic mass is 16.5. The molecule has 0 N–H and O–H groups in total. The van der Waals surface area contributed by atoms with E-state index >= 15 is 0 Å². The van der Waals surface area contributed by atoms with E-state index in [0.717, 1.165) is 22.6 Å². The minimum atomic E-state index is -0.494. The third-order valence-corrected chi connectivity index (χ3v) is 3.89. The maximum Gasteiger partial charge on any atom is 0.263 e. The summed E-state index contributed by atoms with van der Waals surface area (Å²) in [5, 5.41) is 0. The summed E-state index contributed by atoms with van der Waals surface area (Å²) in [4.78, 5) is 14.4. The van der Waals surface area contributed by atoms with Crippen LogP contribution in [0.3, 0.4) is 0 Å². The average molecular weight is 327 g/mol. The highest BCUT2D eigenvalue weighted by Gasteiger charge is 2.23. The molecule has 0 saturated heterocycles. The van der Waals surface area contributed by atoms with Gasteiger partial charge in [-0.05, 0) is 37.1 Å². The second-order valence-corrected chi connectivity index (χ2v) is 5.84. The fraction of sp³-hybridized carbons (Fsp3) is 0.350. The van der Waals surface area contributed by atoms with Crippen LogP contribution in [0.4, 0.5) is 0 Å². The van der Waals surface area contributed by atoms with Crippen molar-refractivity contribution in [1.29, 1.82) is 0 Å². The van der Waals surface area contributed by atoms with Crippen LogP contribution in [-0.2, 0) is 11.3 Å². The van der Waals surface area contributed by atoms with Gasteiger partial charge in [-0.1, -0.05) is 37.3 Å². The number of methoxy groups -OCH3 is 1. The van der Waals surface area contributed by atoms with Crippen molar-refractivity contribution in [3.05, 3.63) is 59.7 Å². The van der Waals surface area contributed by atoms with Gasteiger partial charge in [0.1, 0.15) is 11.5 Å². The zero-order valence-electron chi connectivity index (χ0n) is 14.8. The van der Waals surface area contributed by atoms with Crippen molar-refractivity contribution in [3.63, 3.8) is 0 Å². The smallest absolute Gasteiger partial charge is 0.263 e. The quantitative estimate of drug-likeness (QED) is 0.776. The molecule has 4 heteroatoms. The van der Waals surface area contributed by atoms with E-state index < -0.39 is 6.10 Å². The van der Waals surface area contributed by atoms with Crippen LogP contribution in [-0.4, -0.2) is 31.1 Å². The van der Waals surface area contributed by atoms with Gasteiger partial charge in [0.05, 0.1) is 7.11 Å². The van der Waals surface area contributed by atoms with Gasteiger partial charge >= 0.3 is 0 Å². The molecule has 4 nitrogen and oxygen atoms in total. The molecule has 0 heterocycles. The zero-order valence-corrected chi connectivity index (χ0v) is 14.8. The summed E-state index contributed by atoms with van der Waals surface area (Å²) in [6.07, 6.45) is 0.120. The number of likely N-dealkylation sites (N-methyl/N-ethyl adjacent to an activating group) is 1. The normalized spacial score (nSPS) is 11.7. The summed E-state index contributed by atoms with van der Waals surface area (Å²) in [7, 11) is 3.42. The fourth-order valence-electron chi connectivity index (χ4n) is 2.57. The van der Waals surface area contributed by atoms with E-state index in [-0.39, 0.29) is 5.91 Å². The SMILES string of the molecule is CC[C@@H](Oc1cccc(C)c1)C(=O)N(C)Cc1ccccc1OC. The third-order valence-electron chi connectivity index (χ3n) is 3.89. The van der Waals surface area contributed by atoms with Gasteiger partial charge in [0.25, 0.3) is 5.91 Å². The Kier molecular flexibility index (Phi) is 6.24.